The lowest BCUT2D eigenvalue weighted by Crippen LogP contribution is -2.29. The van der Waals surface area contributed by atoms with Gasteiger partial charge in [-0.2, -0.15) is 0 Å². The van der Waals surface area contributed by atoms with Crippen LogP contribution in [0.25, 0.3) is 0 Å². The van der Waals surface area contributed by atoms with Gasteiger partial charge < -0.3 is 9.47 Å². The summed E-state index contributed by atoms with van der Waals surface area (Å²) in [7, 11) is 0. The maximum atomic E-state index is 6.15. The number of piperidine rings is 1. The number of hydrogen-bond donors (Lipinski definition) is 0. The van der Waals surface area contributed by atoms with E-state index in [1.165, 1.54) is 76.4 Å². The van der Waals surface area contributed by atoms with Gasteiger partial charge in [-0.3, -0.25) is 4.90 Å². The van der Waals surface area contributed by atoms with Crippen LogP contribution in [0.5, 0.6) is 11.5 Å². The van der Waals surface area contributed by atoms with Gasteiger partial charge in [0, 0.05) is 6.54 Å². The van der Waals surface area contributed by atoms with Crippen LogP contribution in [0.4, 0.5) is 0 Å². The summed E-state index contributed by atoms with van der Waals surface area (Å²) in [5, 5.41) is 0. The van der Waals surface area contributed by atoms with Crippen LogP contribution in [-0.2, 0) is 6.54 Å². The van der Waals surface area contributed by atoms with Gasteiger partial charge in [-0.05, 0) is 56.5 Å². The van der Waals surface area contributed by atoms with E-state index in [-0.39, 0.29) is 0 Å². The van der Waals surface area contributed by atoms with Gasteiger partial charge in [-0.1, -0.05) is 64.9 Å². The summed E-state index contributed by atoms with van der Waals surface area (Å²) in [6, 6.07) is 6.57. The van der Waals surface area contributed by atoms with Crippen molar-refractivity contribution < 1.29 is 9.47 Å². The largest absolute Gasteiger partial charge is 0.490 e. The summed E-state index contributed by atoms with van der Waals surface area (Å²) < 4.78 is 12.2. The average Bonchev–Trinajstić information content (AvgIpc) is 2.70. The minimum Gasteiger partial charge on any atom is -0.490 e. The van der Waals surface area contributed by atoms with Crippen LogP contribution in [0.15, 0.2) is 18.2 Å². The summed E-state index contributed by atoms with van der Waals surface area (Å²) in [5.41, 5.74) is 1.35. The Morgan fingerprint density at radius 2 is 1.37 bits per heavy atom. The van der Waals surface area contributed by atoms with E-state index in [0.29, 0.717) is 0 Å². The molecule has 1 aromatic carbocycles. The molecule has 1 heterocycles. The number of hydrogen-bond acceptors (Lipinski definition) is 3. The molecule has 0 bridgehead atoms. The lowest BCUT2D eigenvalue weighted by atomic mass is 10.1. The highest BCUT2D eigenvalue weighted by atomic mass is 16.5. The van der Waals surface area contributed by atoms with Gasteiger partial charge in [0.2, 0.25) is 0 Å². The molecule has 1 aliphatic heterocycles. The molecule has 3 heteroatoms. The molecule has 3 nitrogen and oxygen atoms in total. The minimum absolute atomic E-state index is 0.789. The molecule has 0 saturated carbocycles. The predicted molar refractivity (Wildman–Crippen MR) is 115 cm³/mol. The molecule has 154 valence electrons. The Morgan fingerprint density at radius 3 is 2.00 bits per heavy atom. The highest BCUT2D eigenvalue weighted by molar-refractivity contribution is 5.43. The Morgan fingerprint density at radius 1 is 0.741 bits per heavy atom. The Balaban J connectivity index is 1.90. The first kappa shape index (κ1) is 22.1. The van der Waals surface area contributed by atoms with Crippen LogP contribution >= 0.6 is 0 Å². The third-order valence-electron chi connectivity index (χ3n) is 5.37. The minimum atomic E-state index is 0.789. The van der Waals surface area contributed by atoms with Crippen LogP contribution in [0.2, 0.25) is 0 Å². The number of ether oxygens (including phenoxy) is 2. The fraction of sp³-hybridized carbons (Fsp3) is 0.750. The zero-order valence-corrected chi connectivity index (χ0v) is 17.8. The van der Waals surface area contributed by atoms with Crippen molar-refractivity contribution in [3.63, 3.8) is 0 Å². The van der Waals surface area contributed by atoms with Gasteiger partial charge >= 0.3 is 0 Å². The second-order valence-electron chi connectivity index (χ2n) is 7.94. The smallest absolute Gasteiger partial charge is 0.161 e. The molecular weight excluding hydrogens is 334 g/mol. The fourth-order valence-corrected chi connectivity index (χ4v) is 3.68. The maximum absolute atomic E-state index is 6.15. The molecule has 0 amide bonds. The van der Waals surface area contributed by atoms with E-state index >= 15 is 0 Å². The topological polar surface area (TPSA) is 21.7 Å². The van der Waals surface area contributed by atoms with E-state index in [2.05, 4.69) is 36.9 Å². The summed E-state index contributed by atoms with van der Waals surface area (Å²) in [6.45, 7) is 9.55. The van der Waals surface area contributed by atoms with E-state index in [1.54, 1.807) is 0 Å². The van der Waals surface area contributed by atoms with Crippen molar-refractivity contribution in [2.45, 2.75) is 91.0 Å². The lowest BCUT2D eigenvalue weighted by molar-refractivity contribution is 0.219. The maximum Gasteiger partial charge on any atom is 0.161 e. The van der Waals surface area contributed by atoms with E-state index in [9.17, 15) is 0 Å². The first-order valence-corrected chi connectivity index (χ1v) is 11.4. The molecule has 1 saturated heterocycles. The van der Waals surface area contributed by atoms with Gasteiger partial charge in [0.15, 0.2) is 11.5 Å². The molecule has 0 unspecified atom stereocenters. The highest BCUT2D eigenvalue weighted by Crippen LogP contribution is 2.30. The van der Waals surface area contributed by atoms with E-state index < -0.39 is 0 Å². The third kappa shape index (κ3) is 9.01. The van der Waals surface area contributed by atoms with Crippen molar-refractivity contribution in [2.24, 2.45) is 0 Å². The van der Waals surface area contributed by atoms with Crippen LogP contribution in [0.1, 0.15) is 90.0 Å². The van der Waals surface area contributed by atoms with Gasteiger partial charge in [-0.15, -0.1) is 0 Å². The monoisotopic (exact) mass is 375 g/mol. The van der Waals surface area contributed by atoms with Crippen LogP contribution < -0.4 is 9.47 Å². The van der Waals surface area contributed by atoms with Crippen molar-refractivity contribution in [3.8, 4) is 11.5 Å². The van der Waals surface area contributed by atoms with Crippen LogP contribution in [0.3, 0.4) is 0 Å². The second-order valence-corrected chi connectivity index (χ2v) is 7.94. The molecule has 1 aromatic rings. The van der Waals surface area contributed by atoms with Crippen molar-refractivity contribution in [1.82, 2.24) is 4.90 Å². The Bertz CT molecular complexity index is 497. The molecule has 0 radical (unpaired) electrons. The molecule has 0 aliphatic carbocycles. The third-order valence-corrected chi connectivity index (χ3v) is 5.37. The summed E-state index contributed by atoms with van der Waals surface area (Å²) in [6.07, 6.45) is 13.9. The first-order valence-electron chi connectivity index (χ1n) is 11.4. The zero-order chi connectivity index (χ0) is 19.2. The van der Waals surface area contributed by atoms with E-state index in [0.717, 1.165) is 44.1 Å². The van der Waals surface area contributed by atoms with Gasteiger partial charge in [0.05, 0.1) is 13.2 Å². The predicted octanol–water partition coefficient (Wildman–Crippen LogP) is 6.59. The average molecular weight is 376 g/mol. The zero-order valence-electron chi connectivity index (χ0n) is 17.8. The normalized spacial score (nSPS) is 15.0. The standard InChI is InChI=1S/C24H41NO2/c1-3-5-7-12-18-26-23-15-14-22(21-25-16-10-9-11-17-25)20-24(23)27-19-13-8-6-4-2/h14-15,20H,3-13,16-19,21H2,1-2H3. The lowest BCUT2D eigenvalue weighted by Gasteiger charge is -2.26. The number of nitrogens with zero attached hydrogens (tertiary/aromatic N) is 1. The number of likely N-dealkylation sites (tertiary alicyclic amines) is 1. The molecule has 27 heavy (non-hydrogen) atoms. The van der Waals surface area contributed by atoms with Crippen molar-refractivity contribution >= 4 is 0 Å². The highest BCUT2D eigenvalue weighted by Gasteiger charge is 2.13. The molecule has 0 atom stereocenters. The number of unbranched alkanes of at least 4 members (excludes halogenated alkanes) is 6. The molecule has 0 N–H and O–H groups in total. The fourth-order valence-electron chi connectivity index (χ4n) is 3.68. The van der Waals surface area contributed by atoms with Crippen LogP contribution in [0, 0.1) is 0 Å². The summed E-state index contributed by atoms with van der Waals surface area (Å²) in [4.78, 5) is 2.56. The van der Waals surface area contributed by atoms with Gasteiger partial charge in [0.25, 0.3) is 0 Å². The summed E-state index contributed by atoms with van der Waals surface area (Å²) in [5.74, 6) is 1.86. The first-order chi connectivity index (χ1) is 13.3. The quantitative estimate of drug-likeness (QED) is 0.342. The van der Waals surface area contributed by atoms with E-state index in [4.69, 9.17) is 9.47 Å². The Kier molecular flexibility index (Phi) is 11.3. The van der Waals surface area contributed by atoms with E-state index in [1.807, 2.05) is 0 Å². The summed E-state index contributed by atoms with van der Waals surface area (Å²) >= 11 is 0. The van der Waals surface area contributed by atoms with Crippen molar-refractivity contribution in [3.05, 3.63) is 23.8 Å². The molecular formula is C24H41NO2. The van der Waals surface area contributed by atoms with Crippen molar-refractivity contribution in [2.75, 3.05) is 26.3 Å². The van der Waals surface area contributed by atoms with Gasteiger partial charge in [-0.25, -0.2) is 0 Å². The molecule has 2 rings (SSSR count). The van der Waals surface area contributed by atoms with Crippen LogP contribution in [-0.4, -0.2) is 31.2 Å². The molecule has 1 fully saturated rings. The van der Waals surface area contributed by atoms with Gasteiger partial charge in [0.1, 0.15) is 0 Å². The Labute approximate surface area is 167 Å². The molecule has 1 aliphatic rings. The van der Waals surface area contributed by atoms with Crippen molar-refractivity contribution in [1.29, 1.82) is 0 Å². The molecule has 0 aromatic heterocycles. The second kappa shape index (κ2) is 13.9. The SMILES string of the molecule is CCCCCCOc1ccc(CN2CCCCC2)cc1OCCCCCC. The Hall–Kier alpha value is -1.22. The molecule has 0 spiro atoms. The number of rotatable bonds is 14. The number of benzene rings is 1.